The Kier molecular flexibility index (Phi) is 6.48. The highest BCUT2D eigenvalue weighted by molar-refractivity contribution is 5.93. The molecular weight excluding hydrogens is 424 g/mol. The largest absolute Gasteiger partial charge is 0.467 e. The second kappa shape index (κ2) is 9.64. The number of aromatic nitrogens is 3. The molecule has 0 N–H and O–H groups in total. The van der Waals surface area contributed by atoms with E-state index in [1.165, 1.54) is 16.7 Å². The van der Waals surface area contributed by atoms with E-state index in [1.54, 1.807) is 48.0 Å². The molecule has 0 unspecified atom stereocenters. The molecule has 0 aromatic carbocycles. The van der Waals surface area contributed by atoms with E-state index in [4.69, 9.17) is 9.15 Å². The van der Waals surface area contributed by atoms with E-state index in [1.807, 2.05) is 6.92 Å². The maximum Gasteiger partial charge on any atom is 0.341 e. The Morgan fingerprint density at radius 2 is 2.03 bits per heavy atom. The number of carbonyl (C=O) groups is 2. The van der Waals surface area contributed by atoms with Gasteiger partial charge in [-0.05, 0) is 43.7 Å². The van der Waals surface area contributed by atoms with Gasteiger partial charge in [0.05, 0.1) is 24.8 Å². The van der Waals surface area contributed by atoms with Crippen LogP contribution >= 0.6 is 0 Å². The average molecular weight is 448 g/mol. The van der Waals surface area contributed by atoms with Crippen molar-refractivity contribution in [1.29, 1.82) is 0 Å². The average Bonchev–Trinajstić information content (AvgIpc) is 3.33. The Balaban J connectivity index is 2.11. The van der Waals surface area contributed by atoms with Gasteiger partial charge < -0.3 is 13.7 Å². The molecule has 4 aromatic rings. The van der Waals surface area contributed by atoms with E-state index in [-0.39, 0.29) is 53.1 Å². The first-order chi connectivity index (χ1) is 16.0. The number of unbranched alkanes of at least 4 members (excludes halogenated alkanes) is 1. The molecule has 0 radical (unpaired) electrons. The maximum atomic E-state index is 13.3. The number of amides is 1. The molecular formula is C24H24N4O5. The Labute approximate surface area is 189 Å². The highest BCUT2D eigenvalue weighted by atomic mass is 16.5. The molecule has 9 heteroatoms. The summed E-state index contributed by atoms with van der Waals surface area (Å²) in [7, 11) is 0. The second-order valence-electron chi connectivity index (χ2n) is 7.46. The van der Waals surface area contributed by atoms with Gasteiger partial charge >= 0.3 is 5.97 Å². The number of hydrogen-bond acceptors (Lipinski definition) is 6. The molecule has 0 atom stereocenters. The quantitative estimate of drug-likeness (QED) is 0.318. The van der Waals surface area contributed by atoms with Gasteiger partial charge in [0, 0.05) is 12.6 Å². The minimum atomic E-state index is -0.674. The predicted molar refractivity (Wildman–Crippen MR) is 121 cm³/mol. The zero-order valence-corrected chi connectivity index (χ0v) is 18.5. The monoisotopic (exact) mass is 448 g/mol. The second-order valence-corrected chi connectivity index (χ2v) is 7.46. The molecule has 33 heavy (non-hydrogen) atoms. The third-order valence-electron chi connectivity index (χ3n) is 5.15. The van der Waals surface area contributed by atoms with Crippen molar-refractivity contribution >= 4 is 28.6 Å². The Morgan fingerprint density at radius 3 is 2.76 bits per heavy atom. The summed E-state index contributed by atoms with van der Waals surface area (Å²) in [5.74, 6) is -0.491. The number of fused-ring (bicyclic) bond motifs is 2. The van der Waals surface area contributed by atoms with Crippen molar-refractivity contribution in [2.24, 2.45) is 4.99 Å². The van der Waals surface area contributed by atoms with E-state index < -0.39 is 5.97 Å². The fourth-order valence-corrected chi connectivity index (χ4v) is 3.57. The molecule has 0 saturated carbocycles. The molecule has 0 saturated heterocycles. The lowest BCUT2D eigenvalue weighted by molar-refractivity contribution is -0.118. The Morgan fingerprint density at radius 1 is 1.18 bits per heavy atom. The SMILES string of the molecule is CCCCC(=O)N=c1c(C(=O)OCC)cc2c(=O)n3ccccc3nc2n1Cc1ccco1. The number of rotatable bonds is 7. The Bertz CT molecular complexity index is 1450. The smallest absolute Gasteiger partial charge is 0.341 e. The van der Waals surface area contributed by atoms with Crippen LogP contribution in [0.4, 0.5) is 0 Å². The van der Waals surface area contributed by atoms with Crippen LogP contribution in [0, 0.1) is 0 Å². The number of esters is 1. The fourth-order valence-electron chi connectivity index (χ4n) is 3.57. The molecule has 9 nitrogen and oxygen atoms in total. The zero-order chi connectivity index (χ0) is 23.4. The molecule has 0 fully saturated rings. The third-order valence-corrected chi connectivity index (χ3v) is 5.15. The molecule has 0 aliphatic heterocycles. The van der Waals surface area contributed by atoms with E-state index in [9.17, 15) is 14.4 Å². The lowest BCUT2D eigenvalue weighted by Crippen LogP contribution is -2.33. The minimum Gasteiger partial charge on any atom is -0.467 e. The van der Waals surface area contributed by atoms with Gasteiger partial charge in [-0.25, -0.2) is 9.78 Å². The van der Waals surface area contributed by atoms with E-state index in [0.29, 0.717) is 17.8 Å². The molecule has 4 heterocycles. The molecule has 1 amide bonds. The number of carbonyl (C=O) groups excluding carboxylic acids is 2. The summed E-state index contributed by atoms with van der Waals surface area (Å²) in [5.41, 5.74) is 0.479. The van der Waals surface area contributed by atoms with Crippen LogP contribution in [0.5, 0.6) is 0 Å². The van der Waals surface area contributed by atoms with Gasteiger partial charge in [0.15, 0.2) is 5.49 Å². The summed E-state index contributed by atoms with van der Waals surface area (Å²) in [4.78, 5) is 47.7. The molecule has 0 aliphatic rings. The van der Waals surface area contributed by atoms with Crippen LogP contribution in [0.1, 0.15) is 49.2 Å². The summed E-state index contributed by atoms with van der Waals surface area (Å²) in [6.07, 6.45) is 4.88. The number of hydrogen-bond donors (Lipinski definition) is 0. The van der Waals surface area contributed by atoms with Crippen molar-refractivity contribution < 1.29 is 18.7 Å². The molecule has 0 bridgehead atoms. The van der Waals surface area contributed by atoms with Crippen LogP contribution in [-0.2, 0) is 16.1 Å². The molecule has 4 rings (SSSR count). The normalized spacial score (nSPS) is 11.9. The lowest BCUT2D eigenvalue weighted by Gasteiger charge is -2.14. The highest BCUT2D eigenvalue weighted by Gasteiger charge is 2.20. The first-order valence-electron chi connectivity index (χ1n) is 10.9. The van der Waals surface area contributed by atoms with Crippen molar-refractivity contribution in [3.8, 4) is 0 Å². The van der Waals surface area contributed by atoms with Crippen LogP contribution in [0.25, 0.3) is 16.7 Å². The topological polar surface area (TPSA) is 108 Å². The molecule has 170 valence electrons. The van der Waals surface area contributed by atoms with E-state index >= 15 is 0 Å². The molecule has 0 aliphatic carbocycles. The highest BCUT2D eigenvalue weighted by Crippen LogP contribution is 2.14. The van der Waals surface area contributed by atoms with Gasteiger partial charge in [-0.15, -0.1) is 0 Å². The number of furan rings is 1. The van der Waals surface area contributed by atoms with Gasteiger partial charge in [-0.1, -0.05) is 19.4 Å². The summed E-state index contributed by atoms with van der Waals surface area (Å²) in [6, 6.07) is 10.1. The fraction of sp³-hybridized carbons (Fsp3) is 0.292. The summed E-state index contributed by atoms with van der Waals surface area (Å²) >= 11 is 0. The van der Waals surface area contributed by atoms with Crippen molar-refractivity contribution in [3.63, 3.8) is 0 Å². The van der Waals surface area contributed by atoms with Gasteiger partial charge in [-0.2, -0.15) is 4.99 Å². The van der Waals surface area contributed by atoms with Gasteiger partial charge in [0.1, 0.15) is 22.6 Å². The van der Waals surface area contributed by atoms with E-state index in [2.05, 4.69) is 9.98 Å². The van der Waals surface area contributed by atoms with E-state index in [0.717, 1.165) is 6.42 Å². The minimum absolute atomic E-state index is 0.0236. The van der Waals surface area contributed by atoms with Gasteiger partial charge in [-0.3, -0.25) is 14.0 Å². The number of nitrogens with zero attached hydrogens (tertiary/aromatic N) is 4. The van der Waals surface area contributed by atoms with Crippen molar-refractivity contribution in [1.82, 2.24) is 14.0 Å². The summed E-state index contributed by atoms with van der Waals surface area (Å²) in [6.45, 7) is 3.91. The first-order valence-corrected chi connectivity index (χ1v) is 10.9. The molecule has 0 spiro atoms. The lowest BCUT2D eigenvalue weighted by atomic mass is 10.2. The standard InChI is InChI=1S/C24H24N4O5/c1-3-5-11-20(29)26-22-18(24(31)32-4-2)14-17-21(28(22)15-16-9-8-13-33-16)25-19-10-6-7-12-27(19)23(17)30/h6-10,12-14H,3-5,11,15H2,1-2H3. The van der Waals surface area contributed by atoms with Gasteiger partial charge in [0.2, 0.25) is 5.91 Å². The molecule has 4 aromatic heterocycles. The van der Waals surface area contributed by atoms with Crippen LogP contribution in [0.3, 0.4) is 0 Å². The van der Waals surface area contributed by atoms with Crippen molar-refractivity contribution in [3.05, 3.63) is 76.0 Å². The number of pyridine rings is 2. The van der Waals surface area contributed by atoms with Crippen LogP contribution in [-0.4, -0.2) is 32.4 Å². The maximum absolute atomic E-state index is 13.3. The van der Waals surface area contributed by atoms with Gasteiger partial charge in [0.25, 0.3) is 5.56 Å². The summed E-state index contributed by atoms with van der Waals surface area (Å²) < 4.78 is 13.7. The number of ether oxygens (including phenoxy) is 1. The Hall–Kier alpha value is -4.01. The predicted octanol–water partition coefficient (Wildman–Crippen LogP) is 3.08. The van der Waals surface area contributed by atoms with Crippen LogP contribution in [0.15, 0.2) is 63.1 Å². The van der Waals surface area contributed by atoms with Crippen LogP contribution < -0.4 is 11.0 Å². The van der Waals surface area contributed by atoms with Crippen molar-refractivity contribution in [2.45, 2.75) is 39.7 Å². The first kappa shape index (κ1) is 22.2. The van der Waals surface area contributed by atoms with Crippen LogP contribution in [0.2, 0.25) is 0 Å². The third kappa shape index (κ3) is 4.48. The zero-order valence-electron chi connectivity index (χ0n) is 18.5. The summed E-state index contributed by atoms with van der Waals surface area (Å²) in [5, 5.41) is 0.202. The van der Waals surface area contributed by atoms with Crippen molar-refractivity contribution in [2.75, 3.05) is 6.61 Å².